The quantitative estimate of drug-likeness (QED) is 0.778. The van der Waals surface area contributed by atoms with Crippen molar-refractivity contribution in [2.75, 3.05) is 25.0 Å². The maximum absolute atomic E-state index is 12.8. The van der Waals surface area contributed by atoms with Crippen LogP contribution in [0.15, 0.2) is 54.6 Å². The molecule has 138 valence electrons. The molecule has 0 spiro atoms. The standard InChI is InChI=1S/C22H23N3O2/c1-2-17-9-8-12-19(15-17)24-20(26)16-23-22(27)21(25-13-6-7-14-25)18-10-4-3-5-11-18/h1,3-5,8-12,15,21H,6-7,13-14,16H2,(H,23,27)(H,24,26). The minimum atomic E-state index is -0.369. The van der Waals surface area contributed by atoms with Crippen molar-refractivity contribution in [1.82, 2.24) is 10.2 Å². The first-order valence-corrected chi connectivity index (χ1v) is 9.10. The molecule has 27 heavy (non-hydrogen) atoms. The average Bonchev–Trinajstić information content (AvgIpc) is 3.22. The largest absolute Gasteiger partial charge is 0.345 e. The third-order valence-electron chi connectivity index (χ3n) is 4.61. The van der Waals surface area contributed by atoms with Crippen molar-refractivity contribution in [2.45, 2.75) is 18.9 Å². The molecule has 1 saturated heterocycles. The number of benzene rings is 2. The normalized spacial score (nSPS) is 14.9. The molecular weight excluding hydrogens is 338 g/mol. The third kappa shape index (κ3) is 4.96. The summed E-state index contributed by atoms with van der Waals surface area (Å²) in [5.74, 6) is 2.09. The molecule has 2 N–H and O–H groups in total. The first-order valence-electron chi connectivity index (χ1n) is 9.10. The number of rotatable bonds is 6. The molecule has 1 heterocycles. The lowest BCUT2D eigenvalue weighted by molar-refractivity contribution is -0.128. The molecule has 0 bridgehead atoms. The summed E-state index contributed by atoms with van der Waals surface area (Å²) in [6, 6.07) is 16.4. The number of anilines is 1. The molecule has 1 atom stereocenters. The fourth-order valence-corrected chi connectivity index (χ4v) is 3.32. The second kappa shape index (κ2) is 9.02. The summed E-state index contributed by atoms with van der Waals surface area (Å²) in [5.41, 5.74) is 2.25. The van der Waals surface area contributed by atoms with Crippen molar-refractivity contribution >= 4 is 17.5 Å². The maximum atomic E-state index is 12.8. The smallest absolute Gasteiger partial charge is 0.243 e. The Bertz CT molecular complexity index is 836. The zero-order valence-electron chi connectivity index (χ0n) is 15.2. The summed E-state index contributed by atoms with van der Waals surface area (Å²) in [6.07, 6.45) is 7.54. The van der Waals surface area contributed by atoms with Gasteiger partial charge in [-0.05, 0) is 49.7 Å². The summed E-state index contributed by atoms with van der Waals surface area (Å²) in [5, 5.41) is 5.53. The van der Waals surface area contributed by atoms with E-state index in [0.717, 1.165) is 31.5 Å². The van der Waals surface area contributed by atoms with E-state index in [1.165, 1.54) is 0 Å². The van der Waals surface area contributed by atoms with Gasteiger partial charge < -0.3 is 10.6 Å². The molecule has 2 aromatic rings. The van der Waals surface area contributed by atoms with Gasteiger partial charge in [-0.2, -0.15) is 0 Å². The molecule has 2 amide bonds. The predicted octanol–water partition coefficient (Wildman–Crippen LogP) is 2.56. The van der Waals surface area contributed by atoms with Gasteiger partial charge in [0.2, 0.25) is 11.8 Å². The van der Waals surface area contributed by atoms with E-state index >= 15 is 0 Å². The number of carbonyl (C=O) groups is 2. The highest BCUT2D eigenvalue weighted by Gasteiger charge is 2.29. The van der Waals surface area contributed by atoms with Crippen molar-refractivity contribution in [3.8, 4) is 12.3 Å². The van der Waals surface area contributed by atoms with Crippen LogP contribution in [0.2, 0.25) is 0 Å². The molecule has 3 rings (SSSR count). The number of nitrogens with one attached hydrogen (secondary N) is 2. The zero-order valence-corrected chi connectivity index (χ0v) is 15.2. The second-order valence-corrected chi connectivity index (χ2v) is 6.55. The average molecular weight is 361 g/mol. The Hall–Kier alpha value is -3.10. The lowest BCUT2D eigenvalue weighted by atomic mass is 10.0. The first-order chi connectivity index (χ1) is 13.2. The molecule has 5 heteroatoms. The van der Waals surface area contributed by atoms with Crippen molar-refractivity contribution in [3.05, 3.63) is 65.7 Å². The van der Waals surface area contributed by atoms with E-state index < -0.39 is 0 Å². The van der Waals surface area contributed by atoms with Crippen LogP contribution < -0.4 is 10.6 Å². The number of terminal acetylenes is 1. The monoisotopic (exact) mass is 361 g/mol. The summed E-state index contributed by atoms with van der Waals surface area (Å²) in [6.45, 7) is 1.69. The van der Waals surface area contributed by atoms with Crippen LogP contribution in [0.25, 0.3) is 0 Å². The Balaban J connectivity index is 1.62. The highest BCUT2D eigenvalue weighted by molar-refractivity contribution is 5.95. The highest BCUT2D eigenvalue weighted by atomic mass is 16.2. The molecular formula is C22H23N3O2. The summed E-state index contributed by atoms with van der Waals surface area (Å²) < 4.78 is 0. The van der Waals surface area contributed by atoms with E-state index in [9.17, 15) is 9.59 Å². The third-order valence-corrected chi connectivity index (χ3v) is 4.61. The van der Waals surface area contributed by atoms with E-state index in [1.807, 2.05) is 30.3 Å². The van der Waals surface area contributed by atoms with Gasteiger partial charge in [-0.3, -0.25) is 14.5 Å². The van der Waals surface area contributed by atoms with Gasteiger partial charge in [0.25, 0.3) is 0 Å². The summed E-state index contributed by atoms with van der Waals surface area (Å²) in [7, 11) is 0. The van der Waals surface area contributed by atoms with Crippen LogP contribution in [-0.2, 0) is 9.59 Å². The Morgan fingerprint density at radius 3 is 2.52 bits per heavy atom. The van der Waals surface area contributed by atoms with Crippen molar-refractivity contribution in [1.29, 1.82) is 0 Å². The predicted molar refractivity (Wildman–Crippen MR) is 106 cm³/mol. The van der Waals surface area contributed by atoms with Gasteiger partial charge >= 0.3 is 0 Å². The van der Waals surface area contributed by atoms with Gasteiger partial charge in [0.1, 0.15) is 6.04 Å². The van der Waals surface area contributed by atoms with Crippen LogP contribution in [0.1, 0.15) is 30.0 Å². The molecule has 2 aromatic carbocycles. The Kier molecular flexibility index (Phi) is 6.24. The van der Waals surface area contributed by atoms with Crippen molar-refractivity contribution in [2.24, 2.45) is 0 Å². The van der Waals surface area contributed by atoms with Gasteiger partial charge in [-0.25, -0.2) is 0 Å². The Labute approximate surface area is 159 Å². The molecule has 1 aliphatic rings. The minimum absolute atomic E-state index is 0.0870. The van der Waals surface area contributed by atoms with Gasteiger partial charge in [0.05, 0.1) is 6.54 Å². The molecule has 1 fully saturated rings. The second-order valence-electron chi connectivity index (χ2n) is 6.55. The van der Waals surface area contributed by atoms with Gasteiger partial charge in [-0.1, -0.05) is 42.3 Å². The topological polar surface area (TPSA) is 61.4 Å². The summed E-state index contributed by atoms with van der Waals surface area (Å²) >= 11 is 0. The van der Waals surface area contributed by atoms with Crippen LogP contribution in [0, 0.1) is 12.3 Å². The van der Waals surface area contributed by atoms with Crippen molar-refractivity contribution in [3.63, 3.8) is 0 Å². The number of nitrogens with zero attached hydrogens (tertiary/aromatic N) is 1. The lowest BCUT2D eigenvalue weighted by Crippen LogP contribution is -2.42. The Morgan fingerprint density at radius 1 is 1.07 bits per heavy atom. The fourth-order valence-electron chi connectivity index (χ4n) is 3.32. The highest BCUT2D eigenvalue weighted by Crippen LogP contribution is 2.25. The van der Waals surface area contributed by atoms with Crippen LogP contribution in [0.3, 0.4) is 0 Å². The molecule has 1 unspecified atom stereocenters. The zero-order chi connectivity index (χ0) is 19.1. The van der Waals surface area contributed by atoms with Gasteiger partial charge in [0, 0.05) is 11.3 Å². The van der Waals surface area contributed by atoms with E-state index in [4.69, 9.17) is 6.42 Å². The number of hydrogen-bond donors (Lipinski definition) is 2. The Morgan fingerprint density at radius 2 is 1.81 bits per heavy atom. The summed E-state index contributed by atoms with van der Waals surface area (Å²) in [4.78, 5) is 27.2. The molecule has 0 aliphatic carbocycles. The number of likely N-dealkylation sites (tertiary alicyclic amines) is 1. The number of hydrogen-bond acceptors (Lipinski definition) is 3. The van der Waals surface area contributed by atoms with Crippen LogP contribution in [0.4, 0.5) is 5.69 Å². The lowest BCUT2D eigenvalue weighted by Gasteiger charge is -2.26. The van der Waals surface area contributed by atoms with Crippen LogP contribution in [0.5, 0.6) is 0 Å². The molecule has 1 aliphatic heterocycles. The van der Waals surface area contributed by atoms with Gasteiger partial charge in [0.15, 0.2) is 0 Å². The van der Waals surface area contributed by atoms with Gasteiger partial charge in [-0.15, -0.1) is 6.42 Å². The molecule has 0 saturated carbocycles. The van der Waals surface area contributed by atoms with E-state index in [2.05, 4.69) is 21.5 Å². The van der Waals surface area contributed by atoms with Crippen LogP contribution in [-0.4, -0.2) is 36.3 Å². The molecule has 0 radical (unpaired) electrons. The first kappa shape index (κ1) is 18.7. The number of carbonyl (C=O) groups excluding carboxylic acids is 2. The molecule has 5 nitrogen and oxygen atoms in total. The SMILES string of the molecule is C#Cc1cccc(NC(=O)CNC(=O)C(c2ccccc2)N2CCCC2)c1. The molecule has 0 aromatic heterocycles. The van der Waals surface area contributed by atoms with Crippen molar-refractivity contribution < 1.29 is 9.59 Å². The minimum Gasteiger partial charge on any atom is -0.345 e. The van der Waals surface area contributed by atoms with E-state index in [0.29, 0.717) is 11.3 Å². The van der Waals surface area contributed by atoms with E-state index in [-0.39, 0.29) is 24.4 Å². The van der Waals surface area contributed by atoms with Crippen LogP contribution >= 0.6 is 0 Å². The number of amides is 2. The maximum Gasteiger partial charge on any atom is 0.243 e. The van der Waals surface area contributed by atoms with E-state index in [1.54, 1.807) is 24.3 Å². The fraction of sp³-hybridized carbons (Fsp3) is 0.273.